The van der Waals surface area contributed by atoms with Crippen molar-refractivity contribution in [3.05, 3.63) is 172 Å². The van der Waals surface area contributed by atoms with E-state index in [1.165, 1.54) is 0 Å². The van der Waals surface area contributed by atoms with Crippen LogP contribution in [-0.2, 0) is 35.9 Å². The summed E-state index contributed by atoms with van der Waals surface area (Å²) in [5.41, 5.74) is 23.4. The lowest BCUT2D eigenvalue weighted by Crippen LogP contribution is -2.42. The molecule has 0 aliphatic carbocycles. The zero-order chi connectivity index (χ0) is 58.2. The van der Waals surface area contributed by atoms with Crippen LogP contribution in [0.3, 0.4) is 0 Å². The maximum Gasteiger partial charge on any atom is 0.179 e. The molecule has 6 aromatic carbocycles. The Kier molecular flexibility index (Phi) is 17.8. The number of sulfone groups is 3. The first kappa shape index (κ1) is 60.3. The smallest absolute Gasteiger partial charge is 0.179 e. The molecule has 6 aromatic rings. The number of benzene rings is 6. The van der Waals surface area contributed by atoms with Gasteiger partial charge in [-0.05, 0) is 150 Å². The quantitative estimate of drug-likeness (QED) is 0.0501. The molecule has 10 N–H and O–H groups in total. The number of aliphatic hydroxyl groups excluding tert-OH is 3. The highest BCUT2D eigenvalue weighted by Crippen LogP contribution is 2.52. The molecule has 13 nitrogen and oxygen atoms in total. The van der Waals surface area contributed by atoms with Gasteiger partial charge in [-0.1, -0.05) is 128 Å². The lowest BCUT2D eigenvalue weighted by atomic mass is 9.69. The highest BCUT2D eigenvalue weighted by atomic mass is 32.2. The molecule has 0 bridgehead atoms. The van der Waals surface area contributed by atoms with Crippen molar-refractivity contribution in [3.8, 4) is 5.75 Å². The van der Waals surface area contributed by atoms with Crippen molar-refractivity contribution in [2.45, 2.75) is 157 Å². The summed E-state index contributed by atoms with van der Waals surface area (Å²) in [6.45, 7) is 11.8. The molecule has 3 aliphatic heterocycles. The molecule has 3 heterocycles. The molecule has 0 radical (unpaired) electrons. The van der Waals surface area contributed by atoms with Gasteiger partial charge in [0.05, 0.1) is 50.3 Å². The number of aliphatic hydroxyl groups is 3. The Morgan fingerprint density at radius 3 is 1.10 bits per heavy atom. The average Bonchev–Trinajstić information content (AvgIpc) is 3.58. The number of hydrogen-bond donors (Lipinski definition) is 7. The highest BCUT2D eigenvalue weighted by Gasteiger charge is 2.51. The van der Waals surface area contributed by atoms with Gasteiger partial charge in [0, 0.05) is 51.1 Å². The molecule has 80 heavy (non-hydrogen) atoms. The Balaban J connectivity index is 0.000000253. The number of unbranched alkanes of at least 4 members (excludes halogenated alkanes) is 2. The van der Waals surface area contributed by atoms with Crippen molar-refractivity contribution in [2.24, 2.45) is 16.2 Å². The van der Waals surface area contributed by atoms with Crippen LogP contribution in [0.1, 0.15) is 162 Å². The largest absolute Gasteiger partial charge is 0.508 e. The number of rotatable bonds is 14. The SMILES string of the molecule is CCCC[C@@]1(CC)CS(=O)(=O)c2ccc(N)cc2[C@@H](c2ccc(O)cc2)[C@H]1O.CCCC[C@]1(CC)CS(=O)(=O)c2ccc(N)cc2C(c2ccc(Cc3ccc(C4c5cc(N)ccc5S(=O)(=O)C[C@@](C)(CC)[C@@H]4O)cc3)cc2)[C@@H]1O. The van der Waals surface area contributed by atoms with E-state index in [2.05, 4.69) is 13.8 Å². The zero-order valence-electron chi connectivity index (χ0n) is 47.0. The summed E-state index contributed by atoms with van der Waals surface area (Å²) < 4.78 is 81.3. The highest BCUT2D eigenvalue weighted by molar-refractivity contribution is 7.92. The molecule has 0 fully saturated rings. The Hall–Kier alpha value is -5.75. The normalized spacial score (nSPS) is 27.4. The van der Waals surface area contributed by atoms with E-state index >= 15 is 0 Å². The lowest BCUT2D eigenvalue weighted by Gasteiger charge is -2.39. The van der Waals surface area contributed by atoms with Gasteiger partial charge in [0.25, 0.3) is 0 Å². The minimum atomic E-state index is -3.69. The van der Waals surface area contributed by atoms with Crippen LogP contribution in [-0.4, -0.2) is 81.2 Å². The average molecular weight is 1150 g/mol. The zero-order valence-corrected chi connectivity index (χ0v) is 49.4. The number of nitrogens with two attached hydrogens (primary N) is 3. The summed E-state index contributed by atoms with van der Waals surface area (Å²) in [7, 11) is -10.9. The summed E-state index contributed by atoms with van der Waals surface area (Å²) in [6, 6.07) is 37.1. The molecular weight excluding hydrogens is 1070 g/mol. The number of hydrogen-bond acceptors (Lipinski definition) is 13. The van der Waals surface area contributed by atoms with Gasteiger partial charge in [-0.15, -0.1) is 0 Å². The third-order valence-corrected chi connectivity index (χ3v) is 24.2. The molecule has 430 valence electrons. The van der Waals surface area contributed by atoms with Crippen molar-refractivity contribution in [1.29, 1.82) is 0 Å². The maximum absolute atomic E-state index is 13.8. The fraction of sp³-hybridized carbons (Fsp3) is 0.438. The molecular formula is C64H81N3O10S3. The van der Waals surface area contributed by atoms with Crippen molar-refractivity contribution >= 4 is 46.6 Å². The van der Waals surface area contributed by atoms with Gasteiger partial charge >= 0.3 is 0 Å². The van der Waals surface area contributed by atoms with Gasteiger partial charge in [0.2, 0.25) is 0 Å². The fourth-order valence-electron chi connectivity index (χ4n) is 13.1. The molecule has 9 rings (SSSR count). The van der Waals surface area contributed by atoms with Crippen LogP contribution in [0.25, 0.3) is 0 Å². The number of anilines is 3. The first-order chi connectivity index (χ1) is 37.8. The molecule has 16 heteroatoms. The van der Waals surface area contributed by atoms with Gasteiger partial charge in [-0.2, -0.15) is 0 Å². The van der Waals surface area contributed by atoms with Crippen LogP contribution in [0.5, 0.6) is 5.75 Å². The molecule has 0 aromatic heterocycles. The van der Waals surface area contributed by atoms with Gasteiger partial charge in [0.15, 0.2) is 29.5 Å². The molecule has 0 saturated heterocycles. The van der Waals surface area contributed by atoms with E-state index in [1.807, 2.05) is 76.2 Å². The Bertz CT molecular complexity index is 3520. The molecule has 3 aliphatic rings. The summed E-state index contributed by atoms with van der Waals surface area (Å²) in [6.07, 6.45) is 4.19. The molecule has 2 unspecified atom stereocenters. The van der Waals surface area contributed by atoms with E-state index < -0.39 is 81.8 Å². The minimum Gasteiger partial charge on any atom is -0.508 e. The van der Waals surface area contributed by atoms with Crippen molar-refractivity contribution < 1.29 is 45.7 Å². The van der Waals surface area contributed by atoms with Crippen LogP contribution >= 0.6 is 0 Å². The topological polar surface area (TPSA) is 261 Å². The second-order valence-corrected chi connectivity index (χ2v) is 29.2. The van der Waals surface area contributed by atoms with Gasteiger partial charge < -0.3 is 37.6 Å². The van der Waals surface area contributed by atoms with Crippen LogP contribution < -0.4 is 17.2 Å². The number of fused-ring (bicyclic) bond motifs is 3. The fourth-order valence-corrected chi connectivity index (χ4v) is 19.8. The van der Waals surface area contributed by atoms with Crippen LogP contribution in [0.15, 0.2) is 142 Å². The Morgan fingerprint density at radius 2 is 0.775 bits per heavy atom. The molecule has 0 amide bonds. The predicted octanol–water partition coefficient (Wildman–Crippen LogP) is 10.8. The minimum absolute atomic E-state index is 0.0802. The van der Waals surface area contributed by atoms with Crippen molar-refractivity contribution in [1.82, 2.24) is 0 Å². The van der Waals surface area contributed by atoms with Crippen molar-refractivity contribution in [2.75, 3.05) is 34.5 Å². The van der Waals surface area contributed by atoms with Crippen LogP contribution in [0, 0.1) is 16.2 Å². The van der Waals surface area contributed by atoms with E-state index in [9.17, 15) is 45.7 Å². The third-order valence-electron chi connectivity index (χ3n) is 18.1. The number of nitrogen functional groups attached to an aromatic ring is 3. The van der Waals surface area contributed by atoms with E-state index in [1.54, 1.807) is 78.9 Å². The lowest BCUT2D eigenvalue weighted by molar-refractivity contribution is 0.0173. The standard InChI is InChI=1S/C42H52N2O6S2.C22H29NO4S/c1-5-8-21-42(7-3)26-52(49,50)36-20-18-32(44)24-34(36)38(40(42)46)30-15-11-28(12-16-30)22-27-9-13-29(14-10-27)37-33-23-31(43)17-19-35(33)51(47,48)25-41(4,6-2)39(37)45;1-3-5-12-22(4-2)14-28(26,27)19-11-8-16(23)13-18(19)20(21(22)25)15-6-9-17(24)10-7-15/h9-20,23-24,37-40,45-46H,5-8,21-22,25-26,43-44H2,1-4H3;6-11,13,20-21,24-25H,3-5,12,14,23H2,1-2H3/t37?,38?,39-,40+,41-,42-;20-,21-,22+/m11/s1. The summed E-state index contributed by atoms with van der Waals surface area (Å²) in [5, 5.41) is 45.3. The van der Waals surface area contributed by atoms with Gasteiger partial charge in [0.1, 0.15) is 5.75 Å². The van der Waals surface area contributed by atoms with Crippen molar-refractivity contribution in [3.63, 3.8) is 0 Å². The summed E-state index contributed by atoms with van der Waals surface area (Å²) in [5.74, 6) is -1.89. The number of phenolic OH excluding ortho intramolecular Hbond substituents is 1. The first-order valence-corrected chi connectivity index (χ1v) is 33.1. The Labute approximate surface area is 474 Å². The second kappa shape index (κ2) is 23.6. The van der Waals surface area contributed by atoms with Crippen LogP contribution in [0.2, 0.25) is 0 Å². The maximum atomic E-state index is 13.8. The Morgan fingerprint density at radius 1 is 0.450 bits per heavy atom. The first-order valence-electron chi connectivity index (χ1n) is 28.2. The molecule has 0 saturated carbocycles. The second-order valence-electron chi connectivity index (χ2n) is 23.3. The number of phenols is 1. The van der Waals surface area contributed by atoms with Gasteiger partial charge in [-0.3, -0.25) is 0 Å². The van der Waals surface area contributed by atoms with Gasteiger partial charge in [-0.25, -0.2) is 25.3 Å². The predicted molar refractivity (Wildman–Crippen MR) is 319 cm³/mol. The van der Waals surface area contributed by atoms with Crippen LogP contribution in [0.4, 0.5) is 17.1 Å². The summed E-state index contributed by atoms with van der Waals surface area (Å²) in [4.78, 5) is 0.698. The number of aromatic hydroxyl groups is 1. The molecule has 0 spiro atoms. The van der Waals surface area contributed by atoms with E-state index in [0.717, 1.165) is 53.5 Å². The molecule has 9 atom stereocenters. The summed E-state index contributed by atoms with van der Waals surface area (Å²) >= 11 is 0. The van der Waals surface area contributed by atoms with E-state index in [4.69, 9.17) is 17.2 Å². The third kappa shape index (κ3) is 11.8. The van der Waals surface area contributed by atoms with E-state index in [-0.39, 0.29) is 37.7 Å². The van der Waals surface area contributed by atoms with E-state index in [0.29, 0.717) is 72.3 Å². The monoisotopic (exact) mass is 1150 g/mol.